The second kappa shape index (κ2) is 36.8. The molecule has 40 heteroatoms. The van der Waals surface area contributed by atoms with Crippen LogP contribution in [0.4, 0.5) is 17.5 Å². The number of ketones is 3. The van der Waals surface area contributed by atoms with E-state index in [2.05, 4.69) is 58.4 Å². The van der Waals surface area contributed by atoms with E-state index in [9.17, 15) is 70.3 Å². The molecule has 4 fully saturated rings. The van der Waals surface area contributed by atoms with Crippen molar-refractivity contribution in [2.75, 3.05) is 42.4 Å². The number of aromatic nitrogens is 6. The minimum absolute atomic E-state index is 0.0378. The van der Waals surface area contributed by atoms with Gasteiger partial charge in [0, 0.05) is 93.0 Å². The number of benzene rings is 3. The molecule has 4 aliphatic rings. The van der Waals surface area contributed by atoms with Crippen molar-refractivity contribution >= 4 is 146 Å². The van der Waals surface area contributed by atoms with Crippen LogP contribution in [0.1, 0.15) is 142 Å². The number of thiophene rings is 3. The number of aliphatic hydroxyl groups is 6. The van der Waals surface area contributed by atoms with Gasteiger partial charge in [-0.1, -0.05) is 82.8 Å². The number of hydrogen-bond donors (Lipinski definition) is 12. The molecule has 0 saturated heterocycles. The van der Waals surface area contributed by atoms with Crippen molar-refractivity contribution in [1.29, 1.82) is 0 Å². The van der Waals surface area contributed by atoms with Crippen molar-refractivity contribution in [3.63, 3.8) is 0 Å². The topological polar surface area (TPSA) is 494 Å². The molecule has 13 rings (SSSR count). The first-order valence-electron chi connectivity index (χ1n) is 34.7. The van der Waals surface area contributed by atoms with Gasteiger partial charge in [0.1, 0.15) is 52.0 Å². The quantitative estimate of drug-likeness (QED) is 0.0188. The molecule has 3 aromatic carbocycles. The van der Waals surface area contributed by atoms with E-state index in [0.717, 1.165) is 40.2 Å². The Hall–Kier alpha value is -7.06. The summed E-state index contributed by atoms with van der Waals surface area (Å²) in [6, 6.07) is 25.5. The number of carbonyl (C=O) groups excluding carboxylic acids is 3. The van der Waals surface area contributed by atoms with Crippen LogP contribution in [0.2, 0.25) is 19.4 Å². The largest absolute Gasteiger partial charge is 0.396 e. The van der Waals surface area contributed by atoms with Crippen molar-refractivity contribution in [3.05, 3.63) is 223 Å². The van der Waals surface area contributed by atoms with E-state index in [1.807, 2.05) is 43.3 Å². The Morgan fingerprint density at radius 2 is 0.964 bits per heavy atom. The highest BCUT2D eigenvalue weighted by Crippen LogP contribution is 2.51. The Balaban J connectivity index is 0.000000166. The number of anilines is 3. The zero-order valence-corrected chi connectivity index (χ0v) is 67.3. The van der Waals surface area contributed by atoms with Crippen LogP contribution >= 0.6 is 80.4 Å². The molecule has 0 radical (unpaired) electrons. The molecule has 0 amide bonds. The maximum atomic E-state index is 13.6. The lowest BCUT2D eigenvalue weighted by Crippen LogP contribution is -2.29. The first kappa shape index (κ1) is 85.8. The van der Waals surface area contributed by atoms with Gasteiger partial charge in [-0.2, -0.15) is 25.3 Å². The van der Waals surface area contributed by atoms with Crippen molar-refractivity contribution in [2.24, 2.45) is 39.1 Å². The van der Waals surface area contributed by atoms with Crippen LogP contribution in [0, 0.1) is 30.6 Å². The summed E-state index contributed by atoms with van der Waals surface area (Å²) in [4.78, 5) is 67.4. The molecular formula is C72H78Cl4N12O18S6. The number of nitrogens with one attached hydrogen (secondary N) is 3. The van der Waals surface area contributed by atoms with Gasteiger partial charge < -0.3 is 46.6 Å². The van der Waals surface area contributed by atoms with E-state index in [1.165, 1.54) is 66.3 Å². The van der Waals surface area contributed by atoms with Gasteiger partial charge in [0.25, 0.3) is 0 Å². The number of hydrogen-bond acceptors (Lipinski definition) is 30. The molecule has 598 valence electrons. The lowest BCUT2D eigenvalue weighted by Gasteiger charge is -2.28. The number of rotatable bonds is 30. The van der Waals surface area contributed by atoms with E-state index >= 15 is 0 Å². The number of nitrogens with zero attached hydrogens (tertiary/aromatic N) is 6. The van der Waals surface area contributed by atoms with E-state index in [4.69, 9.17) is 61.8 Å². The number of aryl methyl sites for hydroxylation is 1. The molecule has 4 aliphatic carbocycles. The van der Waals surface area contributed by atoms with Crippen LogP contribution in [-0.2, 0) is 61.1 Å². The lowest BCUT2D eigenvalue weighted by atomic mass is 9.83. The third-order valence-corrected chi connectivity index (χ3v) is 25.0. The third-order valence-electron chi connectivity index (χ3n) is 19.6. The lowest BCUT2D eigenvalue weighted by molar-refractivity contribution is 0.0513. The van der Waals surface area contributed by atoms with Gasteiger partial charge in [-0.3, -0.25) is 26.9 Å². The van der Waals surface area contributed by atoms with Crippen LogP contribution < -0.4 is 31.4 Å². The first-order chi connectivity index (χ1) is 53.0. The zero-order chi connectivity index (χ0) is 80.6. The van der Waals surface area contributed by atoms with Gasteiger partial charge in [0.2, 0.25) is 17.3 Å². The van der Waals surface area contributed by atoms with Crippen molar-refractivity contribution in [3.8, 4) is 0 Å². The SMILES string of the molecule is Cc1sc(C(=O)c2cncnc2N[C@@H]2C[C@H](COS(N)(=O)=O)[C@@H](O)C2)cc1Cc1cccc(Cl)c1.NS(=O)(=O)OC[C@H]1C[C@@H](Nc2ncncc2C(=O)c2cc(C(O)(CCO)c3cccc(Cl)c3)c(Cl)s2)C[C@@H]1O.NS(=O)(=O)OC[C@H]1C[C@@H](Nc2ncncc2C(=O)c2cc(C(O)(c3cccc(Cl)c3)C3CC3)cs2)C[C@@H]1O. The molecule has 30 nitrogen and oxygen atoms in total. The molecule has 0 spiro atoms. The van der Waals surface area contributed by atoms with Crippen LogP contribution in [0.25, 0.3) is 0 Å². The average Bonchev–Trinajstić information content (AvgIpc) is 1.59. The predicted molar refractivity (Wildman–Crippen MR) is 422 cm³/mol. The Kier molecular flexibility index (Phi) is 28.2. The van der Waals surface area contributed by atoms with Crippen molar-refractivity contribution in [1.82, 2.24) is 29.9 Å². The molecule has 4 saturated carbocycles. The Morgan fingerprint density at radius 3 is 1.39 bits per heavy atom. The summed E-state index contributed by atoms with van der Waals surface area (Å²) < 4.78 is 80.6. The summed E-state index contributed by atoms with van der Waals surface area (Å²) in [5, 5.41) is 91.6. The summed E-state index contributed by atoms with van der Waals surface area (Å²) in [5.41, 5.74) is 1.84. The molecule has 0 bridgehead atoms. The third kappa shape index (κ3) is 22.1. The molecule has 0 aliphatic heterocycles. The van der Waals surface area contributed by atoms with Crippen LogP contribution in [0.5, 0.6) is 0 Å². The number of aliphatic hydroxyl groups excluding tert-OH is 4. The fourth-order valence-electron chi connectivity index (χ4n) is 13.9. The minimum atomic E-state index is -4.14. The predicted octanol–water partition coefficient (Wildman–Crippen LogP) is 8.40. The van der Waals surface area contributed by atoms with E-state index in [1.54, 1.807) is 53.9 Å². The summed E-state index contributed by atoms with van der Waals surface area (Å²) >= 11 is 28.5. The van der Waals surface area contributed by atoms with Gasteiger partial charge in [-0.25, -0.2) is 45.3 Å². The summed E-state index contributed by atoms with van der Waals surface area (Å²) in [7, 11) is -12.3. The van der Waals surface area contributed by atoms with Crippen LogP contribution in [0.3, 0.4) is 0 Å². The summed E-state index contributed by atoms with van der Waals surface area (Å²) in [5.74, 6) is -1.40. The van der Waals surface area contributed by atoms with Crippen molar-refractivity contribution < 1.29 is 82.8 Å². The smallest absolute Gasteiger partial charge is 0.333 e. The standard InChI is InChI=1S/C25H27ClN4O6S2.C24H26Cl2N4O7S2.C23H25ClN4O5S2/c26-18-3-1-2-16(7-18)25(33,15-4-5-15)17-8-22(37-12-17)23(32)20-10-28-13-29-24(20)30-19-6-14(21(31)9-19)11-36-38(27,34)35;25-15-3-1-2-14(7-15)24(34,4-5-31)18-9-20(38-22(18)26)21(33)17-10-28-12-29-23(17)30-16-6-13(19(32)8-16)11-37-39(27,35)36;1-13-15(5-14-3-2-4-17(24)6-14)8-21(34-13)22(30)19-10-26-12-27-23(19)28-18-7-16(20(29)9-18)11-33-35(25,31)32/h1-3,7-8,10,12-15,19,21,31,33H,4-6,9,11H2,(H2,27,34,35)(H,28,29,30);1-3,7,9-10,12-13,16,19,31-32,34H,4-6,8,11H2,(H2,27,35,36)(H,28,29,30);2-4,6,8,10,12,16,18,20,29H,5,7,9,11H2,1H3,(H2,25,31,32)(H,26,27,28)/t14-,19-,21+,25?;13-,16-,19+,24?;16-,18-,20+/m111/s1. The molecule has 9 aromatic rings. The number of nitrogens with two attached hydrogens (primary N) is 3. The first-order valence-corrected chi connectivity index (χ1v) is 43.2. The summed E-state index contributed by atoms with van der Waals surface area (Å²) in [6.45, 7) is 0.911. The number of carbonyl (C=O) groups is 3. The second-order valence-corrected chi connectivity index (χ2v) is 36.3. The van der Waals surface area contributed by atoms with Gasteiger partial charge in [-0.05, 0) is 158 Å². The van der Waals surface area contributed by atoms with E-state index in [0.29, 0.717) is 97.2 Å². The fourth-order valence-corrected chi connectivity index (χ4v) is 18.8. The van der Waals surface area contributed by atoms with E-state index < -0.39 is 84.0 Å². The fraction of sp³-hybridized carbons (Fsp3) is 0.375. The monoisotopic (exact) mass is 1730 g/mol. The molecular weight excluding hydrogens is 1660 g/mol. The maximum Gasteiger partial charge on any atom is 0.333 e. The molecule has 15 N–H and O–H groups in total. The molecule has 11 atom stereocenters. The highest BCUT2D eigenvalue weighted by atomic mass is 35.5. The zero-order valence-electron chi connectivity index (χ0n) is 59.3. The second-order valence-electron chi connectivity index (χ2n) is 27.5. The Morgan fingerprint density at radius 1 is 0.545 bits per heavy atom. The molecule has 6 aromatic heterocycles. The maximum absolute atomic E-state index is 13.6. The Bertz CT molecular complexity index is 5240. The van der Waals surface area contributed by atoms with Crippen LogP contribution in [-0.4, -0.2) is 166 Å². The van der Waals surface area contributed by atoms with Crippen molar-refractivity contribution in [2.45, 2.75) is 119 Å². The molecule has 2 unspecified atom stereocenters. The highest BCUT2D eigenvalue weighted by molar-refractivity contribution is 7.84. The highest BCUT2D eigenvalue weighted by Gasteiger charge is 2.48. The number of halogens is 4. The van der Waals surface area contributed by atoms with Gasteiger partial charge in [0.15, 0.2) is 0 Å². The van der Waals surface area contributed by atoms with Gasteiger partial charge >= 0.3 is 30.9 Å². The minimum Gasteiger partial charge on any atom is -0.396 e. The molecule has 112 heavy (non-hydrogen) atoms. The average molecular weight is 1730 g/mol. The Labute approximate surface area is 676 Å². The summed E-state index contributed by atoms with van der Waals surface area (Å²) in [6.07, 6.45) is 10.1. The molecule has 6 heterocycles. The van der Waals surface area contributed by atoms with Crippen LogP contribution in [0.15, 0.2) is 134 Å². The van der Waals surface area contributed by atoms with Gasteiger partial charge in [0.05, 0.1) is 69.5 Å². The normalized spacial score (nSPS) is 21.5. The van der Waals surface area contributed by atoms with Gasteiger partial charge in [-0.15, -0.1) is 34.0 Å². The van der Waals surface area contributed by atoms with E-state index in [-0.39, 0.29) is 107 Å².